The highest BCUT2D eigenvalue weighted by molar-refractivity contribution is 9.10. The molecule has 22 heavy (non-hydrogen) atoms. The van der Waals surface area contributed by atoms with E-state index >= 15 is 0 Å². The van der Waals surface area contributed by atoms with Gasteiger partial charge in [-0.15, -0.1) is 10.2 Å². The van der Waals surface area contributed by atoms with Crippen molar-refractivity contribution >= 4 is 15.9 Å². The smallest absolute Gasteiger partial charge is 0.248 e. The van der Waals surface area contributed by atoms with Crippen molar-refractivity contribution in [2.75, 3.05) is 7.05 Å². The molecule has 0 atom stereocenters. The van der Waals surface area contributed by atoms with Gasteiger partial charge in [0.05, 0.1) is 18.3 Å². The van der Waals surface area contributed by atoms with Crippen LogP contribution in [0.25, 0.3) is 11.5 Å². The van der Waals surface area contributed by atoms with Gasteiger partial charge in [-0.1, -0.05) is 12.1 Å². The Hall–Kier alpha value is -1.99. The van der Waals surface area contributed by atoms with Gasteiger partial charge in [-0.3, -0.25) is 9.58 Å². The highest BCUT2D eigenvalue weighted by Crippen LogP contribution is 2.26. The summed E-state index contributed by atoms with van der Waals surface area (Å²) in [5.74, 6) is 1.12. The Kier molecular flexibility index (Phi) is 4.35. The molecule has 2 heterocycles. The van der Waals surface area contributed by atoms with E-state index in [-0.39, 0.29) is 0 Å². The van der Waals surface area contributed by atoms with Gasteiger partial charge in [-0.2, -0.15) is 5.10 Å². The van der Waals surface area contributed by atoms with Gasteiger partial charge in [0.2, 0.25) is 11.8 Å². The van der Waals surface area contributed by atoms with Crippen molar-refractivity contribution in [3.63, 3.8) is 0 Å². The molecule has 0 radical (unpaired) electrons. The second-order valence-electron chi connectivity index (χ2n) is 5.18. The molecule has 0 N–H and O–H groups in total. The summed E-state index contributed by atoms with van der Waals surface area (Å²) in [5, 5.41) is 12.4. The third kappa shape index (κ3) is 3.42. The topological polar surface area (TPSA) is 60.0 Å². The van der Waals surface area contributed by atoms with Crippen molar-refractivity contribution in [2.45, 2.75) is 13.1 Å². The standard InChI is InChI=1S/C15H16BrN5O/c1-20(8-11-7-17-21(2)9-11)10-14-18-19-15(22-14)12-5-3-4-6-13(12)16/h3-7,9H,8,10H2,1-2H3. The van der Waals surface area contributed by atoms with Gasteiger partial charge in [-0.05, 0) is 35.1 Å². The Bertz CT molecular complexity index is 767. The first-order valence-corrected chi connectivity index (χ1v) is 7.64. The number of aromatic nitrogens is 4. The molecule has 0 saturated carbocycles. The van der Waals surface area contributed by atoms with E-state index in [9.17, 15) is 0 Å². The van der Waals surface area contributed by atoms with Gasteiger partial charge in [0.15, 0.2) is 0 Å². The lowest BCUT2D eigenvalue weighted by Crippen LogP contribution is -2.17. The molecule has 0 amide bonds. The molecule has 0 bridgehead atoms. The Morgan fingerprint density at radius 3 is 2.77 bits per heavy atom. The molecule has 2 aromatic heterocycles. The van der Waals surface area contributed by atoms with Crippen LogP contribution in [-0.4, -0.2) is 31.9 Å². The zero-order valence-electron chi connectivity index (χ0n) is 12.4. The van der Waals surface area contributed by atoms with E-state index in [1.807, 2.05) is 50.8 Å². The van der Waals surface area contributed by atoms with Gasteiger partial charge >= 0.3 is 0 Å². The maximum Gasteiger partial charge on any atom is 0.248 e. The average molecular weight is 362 g/mol. The average Bonchev–Trinajstić information content (AvgIpc) is 3.09. The van der Waals surface area contributed by atoms with Gasteiger partial charge < -0.3 is 4.42 Å². The van der Waals surface area contributed by atoms with Crippen molar-refractivity contribution in [3.8, 4) is 11.5 Å². The number of hydrogen-bond donors (Lipinski definition) is 0. The summed E-state index contributed by atoms with van der Waals surface area (Å²) in [4.78, 5) is 2.11. The molecule has 7 heteroatoms. The second kappa shape index (κ2) is 6.41. The van der Waals surface area contributed by atoms with Crippen LogP contribution in [0.3, 0.4) is 0 Å². The molecule has 0 fully saturated rings. The van der Waals surface area contributed by atoms with Crippen molar-refractivity contribution in [1.29, 1.82) is 0 Å². The maximum atomic E-state index is 5.75. The number of aryl methyl sites for hydroxylation is 1. The molecule has 0 aliphatic rings. The molecule has 114 valence electrons. The summed E-state index contributed by atoms with van der Waals surface area (Å²) < 4.78 is 8.48. The molecule has 6 nitrogen and oxygen atoms in total. The fourth-order valence-corrected chi connectivity index (χ4v) is 2.67. The fourth-order valence-electron chi connectivity index (χ4n) is 2.21. The molecule has 0 unspecified atom stereocenters. The van der Waals surface area contributed by atoms with Crippen LogP contribution in [0.5, 0.6) is 0 Å². The van der Waals surface area contributed by atoms with E-state index in [0.29, 0.717) is 18.3 Å². The summed E-state index contributed by atoms with van der Waals surface area (Å²) in [5.41, 5.74) is 2.05. The van der Waals surface area contributed by atoms with Crippen LogP contribution in [0.2, 0.25) is 0 Å². The quantitative estimate of drug-likeness (QED) is 0.699. The van der Waals surface area contributed by atoms with E-state index in [4.69, 9.17) is 4.42 Å². The van der Waals surface area contributed by atoms with Crippen molar-refractivity contribution < 1.29 is 4.42 Å². The Morgan fingerprint density at radius 1 is 1.23 bits per heavy atom. The molecule has 3 aromatic rings. The molecule has 1 aromatic carbocycles. The van der Waals surface area contributed by atoms with Gasteiger partial charge in [0.1, 0.15) is 0 Å². The lowest BCUT2D eigenvalue weighted by molar-refractivity contribution is 0.282. The maximum absolute atomic E-state index is 5.75. The van der Waals surface area contributed by atoms with Crippen LogP contribution in [0.1, 0.15) is 11.5 Å². The van der Waals surface area contributed by atoms with E-state index in [1.54, 1.807) is 4.68 Å². The summed E-state index contributed by atoms with van der Waals surface area (Å²) in [6, 6.07) is 7.79. The fraction of sp³-hybridized carbons (Fsp3) is 0.267. The number of rotatable bonds is 5. The van der Waals surface area contributed by atoms with E-state index < -0.39 is 0 Å². The monoisotopic (exact) mass is 361 g/mol. The molecule has 0 saturated heterocycles. The molecule has 0 aliphatic heterocycles. The van der Waals surface area contributed by atoms with Crippen molar-refractivity contribution in [1.82, 2.24) is 24.9 Å². The molecule has 0 aliphatic carbocycles. The Morgan fingerprint density at radius 2 is 2.05 bits per heavy atom. The number of halogens is 1. The predicted octanol–water partition coefficient (Wildman–Crippen LogP) is 2.86. The minimum absolute atomic E-state index is 0.525. The largest absolute Gasteiger partial charge is 0.419 e. The SMILES string of the molecule is CN(Cc1cnn(C)c1)Cc1nnc(-c2ccccc2Br)o1. The zero-order chi connectivity index (χ0) is 15.5. The molecular formula is C15H16BrN5O. The van der Waals surface area contributed by atoms with Crippen LogP contribution in [0, 0.1) is 0 Å². The number of nitrogens with zero attached hydrogens (tertiary/aromatic N) is 5. The normalized spacial score (nSPS) is 11.3. The molecular weight excluding hydrogens is 346 g/mol. The highest BCUT2D eigenvalue weighted by atomic mass is 79.9. The van der Waals surface area contributed by atoms with Crippen LogP contribution in [-0.2, 0) is 20.1 Å². The first-order chi connectivity index (χ1) is 10.6. The summed E-state index contributed by atoms with van der Waals surface area (Å²) >= 11 is 3.49. The van der Waals surface area contributed by atoms with Crippen molar-refractivity contribution in [3.05, 3.63) is 52.6 Å². The van der Waals surface area contributed by atoms with Gasteiger partial charge in [0.25, 0.3) is 0 Å². The first kappa shape index (κ1) is 14.9. The molecule has 0 spiro atoms. The van der Waals surface area contributed by atoms with Crippen LogP contribution >= 0.6 is 15.9 Å². The minimum Gasteiger partial charge on any atom is -0.419 e. The van der Waals surface area contributed by atoms with Gasteiger partial charge in [-0.25, -0.2) is 0 Å². The minimum atomic E-state index is 0.525. The van der Waals surface area contributed by atoms with Crippen molar-refractivity contribution in [2.24, 2.45) is 7.05 Å². The van der Waals surface area contributed by atoms with Crippen LogP contribution in [0.15, 0.2) is 45.5 Å². The highest BCUT2D eigenvalue weighted by Gasteiger charge is 2.13. The second-order valence-corrected chi connectivity index (χ2v) is 6.03. The van der Waals surface area contributed by atoms with Crippen LogP contribution < -0.4 is 0 Å². The van der Waals surface area contributed by atoms with E-state index in [1.165, 1.54) is 0 Å². The third-order valence-corrected chi connectivity index (χ3v) is 3.88. The third-order valence-electron chi connectivity index (χ3n) is 3.19. The predicted molar refractivity (Wildman–Crippen MR) is 85.8 cm³/mol. The summed E-state index contributed by atoms with van der Waals surface area (Å²) in [6.45, 7) is 1.37. The lowest BCUT2D eigenvalue weighted by atomic mass is 10.2. The first-order valence-electron chi connectivity index (χ1n) is 6.85. The van der Waals surface area contributed by atoms with E-state index in [2.05, 4.69) is 36.1 Å². The number of benzene rings is 1. The summed E-state index contributed by atoms with van der Waals surface area (Å²) in [6.07, 6.45) is 3.85. The lowest BCUT2D eigenvalue weighted by Gasteiger charge is -2.12. The summed E-state index contributed by atoms with van der Waals surface area (Å²) in [7, 11) is 3.92. The van der Waals surface area contributed by atoms with Crippen LogP contribution in [0.4, 0.5) is 0 Å². The molecule has 3 rings (SSSR count). The number of hydrogen-bond acceptors (Lipinski definition) is 5. The van der Waals surface area contributed by atoms with E-state index in [0.717, 1.165) is 22.1 Å². The van der Waals surface area contributed by atoms with Gasteiger partial charge in [0, 0.05) is 29.8 Å². The Labute approximate surface area is 136 Å². The Balaban J connectivity index is 1.68. The zero-order valence-corrected chi connectivity index (χ0v) is 14.0.